The van der Waals surface area contributed by atoms with Crippen LogP contribution in [-0.2, 0) is 0 Å². The second-order valence-corrected chi connectivity index (χ2v) is 6.69. The van der Waals surface area contributed by atoms with E-state index < -0.39 is 0 Å². The summed E-state index contributed by atoms with van der Waals surface area (Å²) in [5.41, 5.74) is 8.43. The first-order valence-electron chi connectivity index (χ1n) is 7.13. The van der Waals surface area contributed by atoms with Gasteiger partial charge in [-0.1, -0.05) is 37.2 Å². The van der Waals surface area contributed by atoms with Crippen molar-refractivity contribution in [2.75, 3.05) is 0 Å². The van der Waals surface area contributed by atoms with Gasteiger partial charge < -0.3 is 10.7 Å². The summed E-state index contributed by atoms with van der Waals surface area (Å²) in [7, 11) is 0. The molecule has 3 nitrogen and oxygen atoms in total. The first kappa shape index (κ1) is 13.0. The molecule has 0 bridgehead atoms. The van der Waals surface area contributed by atoms with Crippen LogP contribution in [0.4, 0.5) is 0 Å². The minimum Gasteiger partial charge on any atom is -0.333 e. The summed E-state index contributed by atoms with van der Waals surface area (Å²) in [4.78, 5) is 8.04. The zero-order chi connectivity index (χ0) is 13.2. The molecular formula is C15H21N3S. The Kier molecular flexibility index (Phi) is 3.80. The van der Waals surface area contributed by atoms with E-state index in [4.69, 9.17) is 5.73 Å². The highest BCUT2D eigenvalue weighted by atomic mass is 32.2. The third-order valence-corrected chi connectivity index (χ3v) is 5.42. The van der Waals surface area contributed by atoms with Gasteiger partial charge in [0, 0.05) is 11.3 Å². The van der Waals surface area contributed by atoms with Gasteiger partial charge >= 0.3 is 0 Å². The number of fused-ring (bicyclic) bond motifs is 1. The van der Waals surface area contributed by atoms with Crippen molar-refractivity contribution >= 4 is 22.8 Å². The molecule has 1 fully saturated rings. The fourth-order valence-corrected chi connectivity index (χ4v) is 4.16. The van der Waals surface area contributed by atoms with Crippen LogP contribution in [-0.4, -0.2) is 21.3 Å². The van der Waals surface area contributed by atoms with Crippen molar-refractivity contribution in [1.29, 1.82) is 0 Å². The summed E-state index contributed by atoms with van der Waals surface area (Å²) >= 11 is 1.83. The van der Waals surface area contributed by atoms with E-state index in [1.807, 2.05) is 30.0 Å². The van der Waals surface area contributed by atoms with Gasteiger partial charge in [-0.15, -0.1) is 0 Å². The van der Waals surface area contributed by atoms with Crippen LogP contribution in [0.2, 0.25) is 0 Å². The van der Waals surface area contributed by atoms with Gasteiger partial charge in [0.05, 0.1) is 11.0 Å². The predicted octanol–water partition coefficient (Wildman–Crippen LogP) is 3.56. The maximum atomic E-state index is 6.28. The number of nitrogens with zero attached hydrogens (tertiary/aromatic N) is 1. The minimum atomic E-state index is 0.306. The number of aromatic nitrogens is 2. The molecule has 1 aromatic carbocycles. The highest BCUT2D eigenvalue weighted by Crippen LogP contribution is 2.36. The van der Waals surface area contributed by atoms with Crippen molar-refractivity contribution in [2.45, 2.75) is 49.1 Å². The van der Waals surface area contributed by atoms with Gasteiger partial charge in [0.15, 0.2) is 5.16 Å². The Morgan fingerprint density at radius 3 is 3.00 bits per heavy atom. The smallest absolute Gasteiger partial charge is 0.166 e. The van der Waals surface area contributed by atoms with Crippen molar-refractivity contribution in [3.63, 3.8) is 0 Å². The average molecular weight is 275 g/mol. The third kappa shape index (κ3) is 2.79. The van der Waals surface area contributed by atoms with Crippen LogP contribution in [0.15, 0.2) is 29.4 Å². The Labute approximate surface area is 118 Å². The summed E-state index contributed by atoms with van der Waals surface area (Å²) < 4.78 is 0. The van der Waals surface area contributed by atoms with E-state index in [1.165, 1.54) is 19.3 Å². The van der Waals surface area contributed by atoms with Crippen LogP contribution in [0, 0.1) is 5.92 Å². The Hall–Kier alpha value is -1.00. The molecular weight excluding hydrogens is 254 g/mol. The molecule has 1 saturated carbocycles. The van der Waals surface area contributed by atoms with Gasteiger partial charge in [-0.2, -0.15) is 0 Å². The number of rotatable bonds is 3. The maximum Gasteiger partial charge on any atom is 0.166 e. The molecule has 0 radical (unpaired) electrons. The van der Waals surface area contributed by atoms with Crippen LogP contribution in [0.3, 0.4) is 0 Å². The molecule has 0 amide bonds. The van der Waals surface area contributed by atoms with Crippen LogP contribution in [0.5, 0.6) is 0 Å². The zero-order valence-electron chi connectivity index (χ0n) is 11.3. The fraction of sp³-hybridized carbons (Fsp3) is 0.533. The lowest BCUT2D eigenvalue weighted by Crippen LogP contribution is -2.38. The molecule has 1 aromatic heterocycles. The van der Waals surface area contributed by atoms with Gasteiger partial charge in [0.1, 0.15) is 0 Å². The summed E-state index contributed by atoms with van der Waals surface area (Å²) in [5, 5.41) is 1.51. The van der Waals surface area contributed by atoms with Gasteiger partial charge in [0.25, 0.3) is 0 Å². The van der Waals surface area contributed by atoms with Gasteiger partial charge in [-0.3, -0.25) is 0 Å². The quantitative estimate of drug-likeness (QED) is 0.900. The molecule has 2 aromatic rings. The molecule has 3 rings (SSSR count). The first-order valence-corrected chi connectivity index (χ1v) is 8.01. The normalized spacial score (nSPS) is 27.8. The monoisotopic (exact) mass is 275 g/mol. The molecule has 0 spiro atoms. The summed E-state index contributed by atoms with van der Waals surface area (Å²) in [6.45, 7) is 2.28. The predicted molar refractivity (Wildman–Crippen MR) is 81.3 cm³/mol. The average Bonchev–Trinajstić information content (AvgIpc) is 2.83. The minimum absolute atomic E-state index is 0.306. The summed E-state index contributed by atoms with van der Waals surface area (Å²) in [6, 6.07) is 8.49. The highest BCUT2D eigenvalue weighted by Gasteiger charge is 2.28. The van der Waals surface area contributed by atoms with Crippen LogP contribution < -0.4 is 5.73 Å². The Balaban J connectivity index is 1.75. The molecule has 102 valence electrons. The maximum absolute atomic E-state index is 6.28. The number of benzene rings is 1. The third-order valence-electron chi connectivity index (χ3n) is 4.16. The SMILES string of the molecule is CCC1CCC(N)C(Sc2nc3ccccc3[nH]2)C1. The lowest BCUT2D eigenvalue weighted by atomic mass is 9.84. The van der Waals surface area contributed by atoms with Gasteiger partial charge in [-0.05, 0) is 37.3 Å². The standard InChI is InChI=1S/C15H21N3S/c1-2-10-7-8-11(16)14(9-10)19-15-17-12-5-3-4-6-13(12)18-15/h3-6,10-11,14H,2,7-9,16H2,1H3,(H,17,18). The zero-order valence-corrected chi connectivity index (χ0v) is 12.1. The number of H-pyrrole nitrogens is 1. The lowest BCUT2D eigenvalue weighted by molar-refractivity contribution is 0.327. The second-order valence-electron chi connectivity index (χ2n) is 5.47. The van der Waals surface area contributed by atoms with Crippen LogP contribution in [0.1, 0.15) is 32.6 Å². The highest BCUT2D eigenvalue weighted by molar-refractivity contribution is 7.99. The second kappa shape index (κ2) is 5.55. The molecule has 1 aliphatic carbocycles. The Bertz CT molecular complexity index is 518. The van der Waals surface area contributed by atoms with Gasteiger partial charge in [0.2, 0.25) is 0 Å². The largest absolute Gasteiger partial charge is 0.333 e. The number of para-hydroxylation sites is 2. The summed E-state index contributed by atoms with van der Waals surface area (Å²) in [6.07, 6.45) is 4.93. The number of nitrogens with one attached hydrogen (secondary N) is 1. The molecule has 1 heterocycles. The molecule has 1 aliphatic rings. The molecule has 0 aliphatic heterocycles. The van der Waals surface area contributed by atoms with E-state index in [0.717, 1.165) is 28.5 Å². The molecule has 3 unspecified atom stereocenters. The molecule has 0 saturated heterocycles. The van der Waals surface area contributed by atoms with Crippen molar-refractivity contribution in [3.8, 4) is 0 Å². The lowest BCUT2D eigenvalue weighted by Gasteiger charge is -2.32. The van der Waals surface area contributed by atoms with E-state index in [2.05, 4.69) is 23.0 Å². The fourth-order valence-electron chi connectivity index (χ4n) is 2.87. The number of hydrogen-bond acceptors (Lipinski definition) is 3. The number of hydrogen-bond donors (Lipinski definition) is 2. The van der Waals surface area contributed by atoms with E-state index >= 15 is 0 Å². The van der Waals surface area contributed by atoms with Gasteiger partial charge in [-0.25, -0.2) is 4.98 Å². The van der Waals surface area contributed by atoms with Crippen molar-refractivity contribution in [1.82, 2.24) is 9.97 Å². The van der Waals surface area contributed by atoms with E-state index in [0.29, 0.717) is 11.3 Å². The van der Waals surface area contributed by atoms with E-state index in [9.17, 15) is 0 Å². The first-order chi connectivity index (χ1) is 9.26. The van der Waals surface area contributed by atoms with Crippen LogP contribution in [0.25, 0.3) is 11.0 Å². The molecule has 4 heteroatoms. The number of aromatic amines is 1. The number of thioether (sulfide) groups is 1. The number of nitrogens with two attached hydrogens (primary N) is 1. The molecule has 3 N–H and O–H groups in total. The van der Waals surface area contributed by atoms with Crippen molar-refractivity contribution < 1.29 is 0 Å². The van der Waals surface area contributed by atoms with E-state index in [1.54, 1.807) is 0 Å². The summed E-state index contributed by atoms with van der Waals surface area (Å²) in [5.74, 6) is 0.835. The molecule has 3 atom stereocenters. The van der Waals surface area contributed by atoms with E-state index in [-0.39, 0.29) is 0 Å². The molecule has 19 heavy (non-hydrogen) atoms. The topological polar surface area (TPSA) is 54.7 Å². The van der Waals surface area contributed by atoms with Crippen LogP contribution >= 0.6 is 11.8 Å². The Morgan fingerprint density at radius 1 is 1.37 bits per heavy atom. The van der Waals surface area contributed by atoms with Crippen molar-refractivity contribution in [2.24, 2.45) is 11.7 Å². The van der Waals surface area contributed by atoms with Crippen molar-refractivity contribution in [3.05, 3.63) is 24.3 Å². The Morgan fingerprint density at radius 2 is 2.21 bits per heavy atom. The number of imidazole rings is 1.